The minimum absolute atomic E-state index is 0.0229. The largest absolute Gasteiger partial charge is 0.481 e. The maximum absolute atomic E-state index is 13.9. The average Bonchev–Trinajstić information content (AvgIpc) is 3.38. The molecule has 12 heteroatoms. The third-order valence-electron chi connectivity index (χ3n) is 5.80. The van der Waals surface area contributed by atoms with Crippen molar-refractivity contribution in [3.05, 3.63) is 61.9 Å². The lowest BCUT2D eigenvalue weighted by Crippen LogP contribution is -2.46. The number of hydrogen-bond acceptors (Lipinski definition) is 9. The highest BCUT2D eigenvalue weighted by atomic mass is 79.9. The Morgan fingerprint density at radius 3 is 2.94 bits per heavy atom. The second-order valence-corrected chi connectivity index (χ2v) is 10.0. The number of hydrogen-bond donors (Lipinski definition) is 2. The highest BCUT2D eigenvalue weighted by Gasteiger charge is 2.35. The zero-order valence-electron chi connectivity index (χ0n) is 19.6. The van der Waals surface area contributed by atoms with Gasteiger partial charge in [0.05, 0.1) is 24.9 Å². The second kappa shape index (κ2) is 12.0. The number of benzene rings is 1. The number of aliphatic imine (C=N–C) groups is 1. The zero-order valence-corrected chi connectivity index (χ0v) is 22.0. The Morgan fingerprint density at radius 2 is 2.25 bits per heavy atom. The number of carbonyl (C=O) groups is 2. The molecule has 2 aliphatic rings. The van der Waals surface area contributed by atoms with Crippen molar-refractivity contribution in [2.45, 2.75) is 31.9 Å². The molecule has 3 heterocycles. The molecule has 1 aromatic carbocycles. The standard InChI is InChI=1S/C24H26BrFN4O5S/c1-2-34-24(33)20-18(13-30-8-9-35-15(12-30)4-6-19(31)32)28-22(23-27-7-10-36-23)29-21(20)16-5-3-14(26)11-17(16)25/h3,5,7,10-11,15,21H,2,4,6,8-9,12-13H2,1H3,(H,28,29)(H,31,32)/t15-,21+/m0/s1. The summed E-state index contributed by atoms with van der Waals surface area (Å²) in [5.74, 6) is -1.29. The molecule has 4 rings (SSSR count). The van der Waals surface area contributed by atoms with E-state index in [4.69, 9.17) is 19.6 Å². The Morgan fingerprint density at radius 1 is 1.42 bits per heavy atom. The van der Waals surface area contributed by atoms with E-state index in [0.29, 0.717) is 64.8 Å². The van der Waals surface area contributed by atoms with Crippen LogP contribution in [0.3, 0.4) is 0 Å². The van der Waals surface area contributed by atoms with Gasteiger partial charge in [0.25, 0.3) is 0 Å². The van der Waals surface area contributed by atoms with Gasteiger partial charge in [-0.3, -0.25) is 14.7 Å². The molecule has 1 saturated heterocycles. The SMILES string of the molecule is CCOC(=O)C1=C(CN2CCO[C@@H](CCC(=O)O)C2)NC(c2nccs2)=N[C@@H]1c1ccc(F)cc1Br. The molecule has 1 fully saturated rings. The molecule has 2 aromatic rings. The first-order valence-corrected chi connectivity index (χ1v) is 13.2. The minimum atomic E-state index is -0.867. The summed E-state index contributed by atoms with van der Waals surface area (Å²) in [6, 6.07) is 3.52. The Kier molecular flexibility index (Phi) is 8.83. The summed E-state index contributed by atoms with van der Waals surface area (Å²) in [4.78, 5) is 35.5. The van der Waals surface area contributed by atoms with Gasteiger partial charge in [-0.25, -0.2) is 14.2 Å². The molecule has 192 valence electrons. The molecule has 1 aromatic heterocycles. The van der Waals surface area contributed by atoms with E-state index in [9.17, 15) is 14.0 Å². The molecule has 2 aliphatic heterocycles. The van der Waals surface area contributed by atoms with E-state index in [2.05, 4.69) is 31.1 Å². The number of amidine groups is 1. The quantitative estimate of drug-likeness (QED) is 0.433. The lowest BCUT2D eigenvalue weighted by molar-refractivity contribution is -0.139. The van der Waals surface area contributed by atoms with Crippen LogP contribution in [0.15, 0.2) is 50.5 Å². The Balaban J connectivity index is 1.71. The van der Waals surface area contributed by atoms with Crippen LogP contribution in [0.5, 0.6) is 0 Å². The number of aliphatic carboxylic acids is 1. The predicted octanol–water partition coefficient (Wildman–Crippen LogP) is 3.52. The Hall–Kier alpha value is -2.67. The van der Waals surface area contributed by atoms with Gasteiger partial charge in [0.15, 0.2) is 10.8 Å². The molecule has 0 unspecified atom stereocenters. The second-order valence-electron chi connectivity index (χ2n) is 8.28. The molecule has 0 bridgehead atoms. The number of nitrogens with zero attached hydrogens (tertiary/aromatic N) is 3. The topological polar surface area (TPSA) is 113 Å². The summed E-state index contributed by atoms with van der Waals surface area (Å²) in [6.07, 6.45) is 1.88. The predicted molar refractivity (Wildman–Crippen MR) is 135 cm³/mol. The van der Waals surface area contributed by atoms with Crippen molar-refractivity contribution in [2.24, 2.45) is 4.99 Å². The minimum Gasteiger partial charge on any atom is -0.481 e. The number of nitrogens with one attached hydrogen (secondary N) is 1. The molecule has 0 amide bonds. The van der Waals surface area contributed by atoms with Crippen LogP contribution < -0.4 is 5.32 Å². The number of rotatable bonds is 9. The summed E-state index contributed by atoms with van der Waals surface area (Å²) in [5, 5.41) is 14.8. The monoisotopic (exact) mass is 580 g/mol. The Labute approximate surface area is 220 Å². The van der Waals surface area contributed by atoms with Crippen molar-refractivity contribution in [2.75, 3.05) is 32.8 Å². The van der Waals surface area contributed by atoms with E-state index in [1.165, 1.54) is 23.5 Å². The van der Waals surface area contributed by atoms with Crippen LogP contribution >= 0.6 is 27.3 Å². The van der Waals surface area contributed by atoms with Gasteiger partial charge in [-0.15, -0.1) is 11.3 Å². The van der Waals surface area contributed by atoms with Gasteiger partial charge in [-0.1, -0.05) is 22.0 Å². The first-order chi connectivity index (χ1) is 17.4. The van der Waals surface area contributed by atoms with E-state index >= 15 is 0 Å². The fourth-order valence-electron chi connectivity index (χ4n) is 4.17. The van der Waals surface area contributed by atoms with Crippen molar-refractivity contribution >= 4 is 45.0 Å². The Bertz CT molecular complexity index is 1170. The fourth-order valence-corrected chi connectivity index (χ4v) is 5.33. The van der Waals surface area contributed by atoms with E-state index < -0.39 is 23.8 Å². The highest BCUT2D eigenvalue weighted by molar-refractivity contribution is 9.10. The molecule has 0 saturated carbocycles. The molecule has 0 spiro atoms. The third-order valence-corrected chi connectivity index (χ3v) is 7.26. The smallest absolute Gasteiger partial charge is 0.338 e. The highest BCUT2D eigenvalue weighted by Crippen LogP contribution is 2.37. The van der Waals surface area contributed by atoms with Crippen molar-refractivity contribution in [3.63, 3.8) is 0 Å². The lowest BCUT2D eigenvalue weighted by Gasteiger charge is -2.35. The number of thiazole rings is 1. The summed E-state index contributed by atoms with van der Waals surface area (Å²) >= 11 is 4.84. The van der Waals surface area contributed by atoms with Gasteiger partial charge in [-0.05, 0) is 31.0 Å². The number of aromatic nitrogens is 1. The number of halogens is 2. The van der Waals surface area contributed by atoms with Gasteiger partial charge in [0.2, 0.25) is 0 Å². The average molecular weight is 581 g/mol. The van der Waals surface area contributed by atoms with E-state index in [0.717, 1.165) is 0 Å². The maximum Gasteiger partial charge on any atom is 0.338 e. The van der Waals surface area contributed by atoms with E-state index in [1.54, 1.807) is 19.2 Å². The molecule has 9 nitrogen and oxygen atoms in total. The van der Waals surface area contributed by atoms with Gasteiger partial charge < -0.3 is 19.9 Å². The van der Waals surface area contributed by atoms with Crippen molar-refractivity contribution in [3.8, 4) is 0 Å². The maximum atomic E-state index is 13.9. The number of esters is 1. The van der Waals surface area contributed by atoms with Crippen LogP contribution in [0.25, 0.3) is 0 Å². The number of morpholine rings is 1. The summed E-state index contributed by atoms with van der Waals surface area (Å²) in [7, 11) is 0. The first-order valence-electron chi connectivity index (χ1n) is 11.5. The molecule has 0 aliphatic carbocycles. The van der Waals surface area contributed by atoms with Crippen molar-refractivity contribution < 1.29 is 28.6 Å². The summed E-state index contributed by atoms with van der Waals surface area (Å²) in [5.41, 5.74) is 1.56. The van der Waals surface area contributed by atoms with E-state index in [-0.39, 0.29) is 19.1 Å². The van der Waals surface area contributed by atoms with Gasteiger partial charge in [0.1, 0.15) is 11.9 Å². The van der Waals surface area contributed by atoms with Crippen molar-refractivity contribution in [1.29, 1.82) is 0 Å². The molecule has 36 heavy (non-hydrogen) atoms. The zero-order chi connectivity index (χ0) is 25.7. The first kappa shape index (κ1) is 26.4. The van der Waals surface area contributed by atoms with Crippen LogP contribution in [0.4, 0.5) is 4.39 Å². The van der Waals surface area contributed by atoms with Gasteiger partial charge in [0, 0.05) is 47.8 Å². The molecular weight excluding hydrogens is 555 g/mol. The number of carbonyl (C=O) groups excluding carboxylic acids is 1. The number of carboxylic acid groups (broad SMARTS) is 1. The molecule has 2 N–H and O–H groups in total. The van der Waals surface area contributed by atoms with Crippen molar-refractivity contribution in [1.82, 2.24) is 15.2 Å². The van der Waals surface area contributed by atoms with Crippen LogP contribution in [-0.2, 0) is 19.1 Å². The van der Waals surface area contributed by atoms with Crippen LogP contribution in [0.2, 0.25) is 0 Å². The van der Waals surface area contributed by atoms with E-state index in [1.807, 2.05) is 5.38 Å². The summed E-state index contributed by atoms with van der Waals surface area (Å²) in [6.45, 7) is 3.86. The summed E-state index contributed by atoms with van der Waals surface area (Å²) < 4.78 is 25.5. The molecular formula is C24H26BrFN4O5S. The van der Waals surface area contributed by atoms with Gasteiger partial charge in [-0.2, -0.15) is 0 Å². The third kappa shape index (κ3) is 6.36. The normalized spacial score (nSPS) is 20.6. The number of ether oxygens (including phenoxy) is 2. The molecule has 2 atom stereocenters. The van der Waals surface area contributed by atoms with Crippen LogP contribution in [0.1, 0.15) is 36.4 Å². The fraction of sp³-hybridized carbons (Fsp3) is 0.417. The molecule has 0 radical (unpaired) electrons. The lowest BCUT2D eigenvalue weighted by atomic mass is 9.95. The van der Waals surface area contributed by atoms with Crippen LogP contribution in [-0.4, -0.2) is 71.7 Å². The number of carboxylic acids is 1. The van der Waals surface area contributed by atoms with Gasteiger partial charge >= 0.3 is 11.9 Å². The van der Waals surface area contributed by atoms with Crippen LogP contribution in [0, 0.1) is 5.82 Å².